The molecule has 0 fully saturated rings. The van der Waals surface area contributed by atoms with Crippen molar-refractivity contribution in [2.24, 2.45) is 16.8 Å². The molecule has 0 aromatic rings. The summed E-state index contributed by atoms with van der Waals surface area (Å²) in [6, 6.07) is 0. The first-order valence-electron chi connectivity index (χ1n) is 5.09. The van der Waals surface area contributed by atoms with Gasteiger partial charge >= 0.3 is 6.18 Å². The maximum absolute atomic E-state index is 12.6. The van der Waals surface area contributed by atoms with Crippen LogP contribution in [0.2, 0.25) is 0 Å². The maximum atomic E-state index is 12.6. The van der Waals surface area contributed by atoms with E-state index < -0.39 is 30.6 Å². The highest BCUT2D eigenvalue weighted by atomic mass is 19.4. The van der Waals surface area contributed by atoms with Gasteiger partial charge in [-0.25, -0.2) is 0 Å². The van der Waals surface area contributed by atoms with E-state index in [0.29, 0.717) is 13.0 Å². The number of hydrogen-bond acceptors (Lipinski definition) is 4. The number of aliphatic hydroxyl groups excluding tert-OH is 1. The second-order valence-corrected chi connectivity index (χ2v) is 4.02. The normalized spacial score (nSPS) is 17.2. The van der Waals surface area contributed by atoms with Crippen molar-refractivity contribution in [3.05, 3.63) is 0 Å². The smallest absolute Gasteiger partial charge is 0.400 e. The highest BCUT2D eigenvalue weighted by Crippen LogP contribution is 2.27. The van der Waals surface area contributed by atoms with E-state index in [2.05, 4.69) is 5.16 Å². The zero-order chi connectivity index (χ0) is 13.6. The summed E-state index contributed by atoms with van der Waals surface area (Å²) in [4.78, 5) is 1.38. The summed E-state index contributed by atoms with van der Waals surface area (Å²) in [6.07, 6.45) is -4.78. The molecule has 102 valence electrons. The van der Waals surface area contributed by atoms with Crippen LogP contribution < -0.4 is 5.73 Å². The Balaban J connectivity index is 4.45. The lowest BCUT2D eigenvalue weighted by Gasteiger charge is -2.25. The van der Waals surface area contributed by atoms with Crippen LogP contribution in [0.4, 0.5) is 13.2 Å². The highest BCUT2D eigenvalue weighted by molar-refractivity contribution is 5.83. The molecule has 0 bridgehead atoms. The Morgan fingerprint density at radius 3 is 2.35 bits per heavy atom. The summed E-state index contributed by atoms with van der Waals surface area (Å²) in [7, 11) is 1.48. The van der Waals surface area contributed by atoms with Crippen molar-refractivity contribution in [2.45, 2.75) is 25.6 Å². The van der Waals surface area contributed by atoms with Gasteiger partial charge in [0.15, 0.2) is 5.84 Å². The monoisotopic (exact) mass is 257 g/mol. The average molecular weight is 257 g/mol. The molecule has 0 heterocycles. The van der Waals surface area contributed by atoms with Crippen molar-refractivity contribution < 1.29 is 23.5 Å². The van der Waals surface area contributed by atoms with Gasteiger partial charge in [0.25, 0.3) is 0 Å². The Bertz CT molecular complexity index is 256. The topological polar surface area (TPSA) is 82.1 Å². The van der Waals surface area contributed by atoms with Crippen LogP contribution in [-0.2, 0) is 0 Å². The number of hydrogen-bond donors (Lipinski definition) is 3. The number of alkyl halides is 3. The van der Waals surface area contributed by atoms with Crippen molar-refractivity contribution in [2.75, 3.05) is 20.1 Å². The van der Waals surface area contributed by atoms with E-state index in [1.165, 1.54) is 11.9 Å². The Labute approximate surface area is 97.7 Å². The fourth-order valence-corrected chi connectivity index (χ4v) is 1.24. The van der Waals surface area contributed by atoms with Crippen LogP contribution >= 0.6 is 0 Å². The van der Waals surface area contributed by atoms with Gasteiger partial charge in [-0.05, 0) is 20.4 Å². The molecule has 5 nitrogen and oxygen atoms in total. The molecular weight excluding hydrogens is 239 g/mol. The largest absolute Gasteiger partial charge is 0.409 e. The molecule has 0 aromatic heterocycles. The van der Waals surface area contributed by atoms with Crippen LogP contribution in [0.1, 0.15) is 13.3 Å². The predicted molar refractivity (Wildman–Crippen MR) is 56.7 cm³/mol. The number of nitrogens with two attached hydrogens (primary N) is 1. The standard InChI is InChI=1S/C9H18F3N3O2/c1-6(16)3-4-15(2)5-7(8(13)14-17)9(10,11)12/h6-7,16-17H,3-5H2,1-2H3,(H2,13,14). The molecule has 0 spiro atoms. The molecular formula is C9H18F3N3O2. The maximum Gasteiger partial charge on any atom is 0.400 e. The molecule has 0 saturated heterocycles. The van der Waals surface area contributed by atoms with Gasteiger partial charge in [-0.1, -0.05) is 5.16 Å². The number of amidine groups is 1. The van der Waals surface area contributed by atoms with E-state index in [0.717, 1.165) is 0 Å². The molecule has 0 aliphatic carbocycles. The van der Waals surface area contributed by atoms with Gasteiger partial charge in [0, 0.05) is 13.1 Å². The van der Waals surface area contributed by atoms with Crippen LogP contribution in [0.3, 0.4) is 0 Å². The lowest BCUT2D eigenvalue weighted by molar-refractivity contribution is -0.159. The second kappa shape index (κ2) is 6.65. The Hall–Kier alpha value is -1.02. The molecule has 0 radical (unpaired) electrons. The number of nitrogens with zero attached hydrogens (tertiary/aromatic N) is 2. The van der Waals surface area contributed by atoms with E-state index in [-0.39, 0.29) is 0 Å². The summed E-state index contributed by atoms with van der Waals surface area (Å²) < 4.78 is 37.7. The predicted octanol–water partition coefficient (Wildman–Crippen LogP) is 0.614. The van der Waals surface area contributed by atoms with Gasteiger partial charge in [0.1, 0.15) is 5.92 Å². The third-order valence-electron chi connectivity index (χ3n) is 2.29. The molecule has 8 heteroatoms. The van der Waals surface area contributed by atoms with Crippen molar-refractivity contribution in [1.82, 2.24) is 4.90 Å². The molecule has 2 unspecified atom stereocenters. The molecule has 2 atom stereocenters. The first-order valence-corrected chi connectivity index (χ1v) is 5.09. The summed E-state index contributed by atoms with van der Waals surface area (Å²) in [5, 5.41) is 19.7. The minimum Gasteiger partial charge on any atom is -0.409 e. The van der Waals surface area contributed by atoms with Crippen molar-refractivity contribution >= 4 is 5.84 Å². The molecule has 0 aliphatic heterocycles. The average Bonchev–Trinajstić information content (AvgIpc) is 2.20. The van der Waals surface area contributed by atoms with Crippen molar-refractivity contribution in [3.8, 4) is 0 Å². The van der Waals surface area contributed by atoms with E-state index >= 15 is 0 Å². The van der Waals surface area contributed by atoms with Crippen LogP contribution in [0, 0.1) is 5.92 Å². The Morgan fingerprint density at radius 2 is 2.00 bits per heavy atom. The molecule has 4 N–H and O–H groups in total. The fraction of sp³-hybridized carbons (Fsp3) is 0.889. The van der Waals surface area contributed by atoms with Gasteiger partial charge < -0.3 is 20.9 Å². The minimum atomic E-state index is -4.56. The summed E-state index contributed by atoms with van der Waals surface area (Å²) in [5.74, 6) is -2.87. The summed E-state index contributed by atoms with van der Waals surface area (Å²) in [5.41, 5.74) is 5.01. The summed E-state index contributed by atoms with van der Waals surface area (Å²) in [6.45, 7) is 1.44. The molecule has 0 aliphatic rings. The molecule has 0 saturated carbocycles. The van der Waals surface area contributed by atoms with Crippen molar-refractivity contribution in [3.63, 3.8) is 0 Å². The molecule has 0 amide bonds. The van der Waals surface area contributed by atoms with Crippen LogP contribution in [0.5, 0.6) is 0 Å². The van der Waals surface area contributed by atoms with Gasteiger partial charge in [-0.3, -0.25) is 0 Å². The first-order chi connectivity index (χ1) is 7.68. The molecule has 0 aromatic carbocycles. The summed E-state index contributed by atoms with van der Waals surface area (Å²) >= 11 is 0. The molecule has 0 rings (SSSR count). The Kier molecular flexibility index (Phi) is 6.25. The fourth-order valence-electron chi connectivity index (χ4n) is 1.24. The number of oxime groups is 1. The van der Waals surface area contributed by atoms with E-state index in [1.807, 2.05) is 0 Å². The van der Waals surface area contributed by atoms with E-state index in [4.69, 9.17) is 16.0 Å². The number of rotatable bonds is 6. The van der Waals surface area contributed by atoms with Gasteiger partial charge in [-0.15, -0.1) is 0 Å². The van der Waals surface area contributed by atoms with Crippen LogP contribution in [-0.4, -0.2) is 53.5 Å². The minimum absolute atomic E-state index is 0.295. The zero-order valence-electron chi connectivity index (χ0n) is 9.78. The van der Waals surface area contributed by atoms with Crippen molar-refractivity contribution in [1.29, 1.82) is 0 Å². The second-order valence-electron chi connectivity index (χ2n) is 4.02. The number of aliphatic hydroxyl groups is 1. The quantitative estimate of drug-likeness (QED) is 0.282. The third kappa shape index (κ3) is 6.32. The molecule has 17 heavy (non-hydrogen) atoms. The zero-order valence-corrected chi connectivity index (χ0v) is 9.78. The Morgan fingerprint density at radius 1 is 1.47 bits per heavy atom. The SMILES string of the molecule is CC(O)CCN(C)CC(C(N)=NO)C(F)(F)F. The van der Waals surface area contributed by atoms with Gasteiger partial charge in [0.2, 0.25) is 0 Å². The first kappa shape index (κ1) is 16.0. The van der Waals surface area contributed by atoms with Crippen LogP contribution in [0.15, 0.2) is 5.16 Å². The number of halogens is 3. The van der Waals surface area contributed by atoms with Gasteiger partial charge in [0.05, 0.1) is 6.10 Å². The lowest BCUT2D eigenvalue weighted by Crippen LogP contribution is -2.43. The van der Waals surface area contributed by atoms with E-state index in [1.54, 1.807) is 6.92 Å². The van der Waals surface area contributed by atoms with Gasteiger partial charge in [-0.2, -0.15) is 13.2 Å². The van der Waals surface area contributed by atoms with Crippen LogP contribution in [0.25, 0.3) is 0 Å². The van der Waals surface area contributed by atoms with E-state index in [9.17, 15) is 13.2 Å². The lowest BCUT2D eigenvalue weighted by atomic mass is 10.1. The third-order valence-corrected chi connectivity index (χ3v) is 2.29. The highest BCUT2D eigenvalue weighted by Gasteiger charge is 2.43.